The Morgan fingerprint density at radius 2 is 2.31 bits per heavy atom. The van der Waals surface area contributed by atoms with Gasteiger partial charge in [-0.15, -0.1) is 0 Å². The SMILES string of the molecule is Cc1ccnc([C@@H](NC(=O)CCc2cc3n(n2)CCCNC3)C2CC2)c1. The summed E-state index contributed by atoms with van der Waals surface area (Å²) in [6, 6.07) is 6.26. The maximum Gasteiger partial charge on any atom is 0.220 e. The summed E-state index contributed by atoms with van der Waals surface area (Å²) in [5.41, 5.74) is 4.40. The van der Waals surface area contributed by atoms with Gasteiger partial charge in [0.2, 0.25) is 5.91 Å². The van der Waals surface area contributed by atoms with E-state index in [2.05, 4.69) is 44.5 Å². The zero-order valence-corrected chi connectivity index (χ0v) is 15.4. The molecule has 4 rings (SSSR count). The van der Waals surface area contributed by atoms with Gasteiger partial charge in [-0.25, -0.2) is 0 Å². The molecule has 6 heteroatoms. The first-order valence-corrected chi connectivity index (χ1v) is 9.67. The van der Waals surface area contributed by atoms with Gasteiger partial charge in [0.25, 0.3) is 0 Å². The first-order chi connectivity index (χ1) is 12.7. The predicted octanol–water partition coefficient (Wildman–Crippen LogP) is 2.28. The first kappa shape index (κ1) is 17.2. The van der Waals surface area contributed by atoms with Crippen molar-refractivity contribution in [1.29, 1.82) is 0 Å². The second-order valence-electron chi connectivity index (χ2n) is 7.52. The van der Waals surface area contributed by atoms with Gasteiger partial charge in [-0.1, -0.05) is 0 Å². The molecule has 6 nitrogen and oxygen atoms in total. The van der Waals surface area contributed by atoms with Crippen LogP contribution in [0.1, 0.15) is 54.4 Å². The highest BCUT2D eigenvalue weighted by Gasteiger charge is 2.34. The highest BCUT2D eigenvalue weighted by atomic mass is 16.1. The normalized spacial score (nSPS) is 18.0. The zero-order chi connectivity index (χ0) is 17.9. The van der Waals surface area contributed by atoms with Crippen LogP contribution in [0.2, 0.25) is 0 Å². The molecule has 1 aliphatic carbocycles. The molecule has 0 radical (unpaired) electrons. The lowest BCUT2D eigenvalue weighted by Crippen LogP contribution is -2.30. The predicted molar refractivity (Wildman–Crippen MR) is 99.5 cm³/mol. The number of aromatic nitrogens is 3. The highest BCUT2D eigenvalue weighted by molar-refractivity contribution is 5.76. The summed E-state index contributed by atoms with van der Waals surface area (Å²) in [6.07, 6.45) is 6.42. The minimum Gasteiger partial charge on any atom is -0.347 e. The molecule has 1 amide bonds. The van der Waals surface area contributed by atoms with E-state index in [-0.39, 0.29) is 11.9 Å². The van der Waals surface area contributed by atoms with Crippen LogP contribution in [-0.4, -0.2) is 27.2 Å². The molecule has 2 aromatic heterocycles. The van der Waals surface area contributed by atoms with Gasteiger partial charge >= 0.3 is 0 Å². The quantitative estimate of drug-likeness (QED) is 0.836. The van der Waals surface area contributed by atoms with E-state index < -0.39 is 0 Å². The fourth-order valence-corrected chi connectivity index (χ4v) is 3.62. The van der Waals surface area contributed by atoms with Gasteiger partial charge < -0.3 is 10.6 Å². The van der Waals surface area contributed by atoms with Crippen LogP contribution in [0.25, 0.3) is 0 Å². The number of nitrogens with one attached hydrogen (secondary N) is 2. The number of aryl methyl sites for hydroxylation is 3. The van der Waals surface area contributed by atoms with E-state index in [4.69, 9.17) is 0 Å². The zero-order valence-electron chi connectivity index (χ0n) is 15.4. The largest absolute Gasteiger partial charge is 0.347 e. The van der Waals surface area contributed by atoms with Crippen LogP contribution in [0.4, 0.5) is 0 Å². The summed E-state index contributed by atoms with van der Waals surface area (Å²) < 4.78 is 2.08. The number of rotatable bonds is 6. The molecule has 2 aliphatic rings. The molecule has 1 saturated carbocycles. The molecule has 26 heavy (non-hydrogen) atoms. The first-order valence-electron chi connectivity index (χ1n) is 9.67. The van der Waals surface area contributed by atoms with Gasteiger partial charge in [-0.3, -0.25) is 14.5 Å². The van der Waals surface area contributed by atoms with Crippen molar-refractivity contribution in [2.75, 3.05) is 6.54 Å². The second-order valence-corrected chi connectivity index (χ2v) is 7.52. The number of carbonyl (C=O) groups is 1. The van der Waals surface area contributed by atoms with Gasteiger partial charge in [0.05, 0.1) is 23.1 Å². The van der Waals surface area contributed by atoms with Gasteiger partial charge in [0, 0.05) is 32.1 Å². The molecule has 0 saturated heterocycles. The number of nitrogens with zero attached hydrogens (tertiary/aromatic N) is 3. The van der Waals surface area contributed by atoms with Crippen LogP contribution in [-0.2, 0) is 24.3 Å². The summed E-state index contributed by atoms with van der Waals surface area (Å²) >= 11 is 0. The Balaban J connectivity index is 1.36. The van der Waals surface area contributed by atoms with Crippen molar-refractivity contribution < 1.29 is 4.79 Å². The van der Waals surface area contributed by atoms with E-state index in [1.165, 1.54) is 24.1 Å². The molecular weight excluding hydrogens is 326 g/mol. The van der Waals surface area contributed by atoms with Crippen molar-refractivity contribution in [3.8, 4) is 0 Å². The molecule has 138 valence electrons. The van der Waals surface area contributed by atoms with Crippen LogP contribution in [0, 0.1) is 12.8 Å². The Hall–Kier alpha value is -2.21. The lowest BCUT2D eigenvalue weighted by Gasteiger charge is -2.18. The third-order valence-electron chi connectivity index (χ3n) is 5.22. The number of pyridine rings is 1. The third-order valence-corrected chi connectivity index (χ3v) is 5.22. The topological polar surface area (TPSA) is 71.8 Å². The molecule has 2 N–H and O–H groups in total. The summed E-state index contributed by atoms with van der Waals surface area (Å²) in [4.78, 5) is 17.0. The average Bonchev–Trinajstić information content (AvgIpc) is 3.43. The van der Waals surface area contributed by atoms with Crippen molar-refractivity contribution in [2.45, 2.75) is 58.2 Å². The smallest absolute Gasteiger partial charge is 0.220 e. The number of amides is 1. The molecular formula is C20H27N5O. The molecule has 0 aromatic carbocycles. The molecule has 0 spiro atoms. The van der Waals surface area contributed by atoms with Crippen molar-refractivity contribution in [3.63, 3.8) is 0 Å². The maximum atomic E-state index is 12.5. The van der Waals surface area contributed by atoms with Gasteiger partial charge in [0.1, 0.15) is 0 Å². The van der Waals surface area contributed by atoms with E-state index in [1.807, 2.05) is 12.3 Å². The number of hydrogen-bond acceptors (Lipinski definition) is 4. The lowest BCUT2D eigenvalue weighted by molar-refractivity contribution is -0.122. The standard InChI is InChI=1S/C20H27N5O/c1-14-7-9-22-18(11-14)20(15-3-4-15)23-19(26)6-5-16-12-17-13-21-8-2-10-25(17)24-16/h7,9,11-12,15,20-21H,2-6,8,10,13H2,1H3,(H,23,26)/t20-/m0/s1. The molecule has 0 unspecified atom stereocenters. The summed E-state index contributed by atoms with van der Waals surface area (Å²) in [7, 11) is 0. The summed E-state index contributed by atoms with van der Waals surface area (Å²) in [6.45, 7) is 4.92. The van der Waals surface area contributed by atoms with Crippen LogP contribution >= 0.6 is 0 Å². The van der Waals surface area contributed by atoms with Gasteiger partial charge in [-0.2, -0.15) is 5.10 Å². The van der Waals surface area contributed by atoms with Crippen molar-refractivity contribution >= 4 is 5.91 Å². The van der Waals surface area contributed by atoms with Crippen LogP contribution < -0.4 is 10.6 Å². The maximum absolute atomic E-state index is 12.5. The number of carbonyl (C=O) groups excluding carboxylic acids is 1. The van der Waals surface area contributed by atoms with Gasteiger partial charge in [-0.05, 0) is 62.4 Å². The van der Waals surface area contributed by atoms with Crippen molar-refractivity contribution in [3.05, 3.63) is 47.0 Å². The van der Waals surface area contributed by atoms with E-state index in [1.54, 1.807) is 0 Å². The van der Waals surface area contributed by atoms with E-state index in [9.17, 15) is 4.79 Å². The fourth-order valence-electron chi connectivity index (χ4n) is 3.62. The molecule has 1 aliphatic heterocycles. The Labute approximate surface area is 154 Å². The molecule has 0 bridgehead atoms. The van der Waals surface area contributed by atoms with Gasteiger partial charge in [0.15, 0.2) is 0 Å². The number of fused-ring (bicyclic) bond motifs is 1. The Morgan fingerprint density at radius 1 is 1.42 bits per heavy atom. The lowest BCUT2D eigenvalue weighted by atomic mass is 10.1. The number of hydrogen-bond donors (Lipinski definition) is 2. The third kappa shape index (κ3) is 4.12. The summed E-state index contributed by atoms with van der Waals surface area (Å²) in [5, 5.41) is 11.3. The molecule has 1 atom stereocenters. The Morgan fingerprint density at radius 3 is 3.12 bits per heavy atom. The molecule has 1 fully saturated rings. The van der Waals surface area contributed by atoms with Crippen LogP contribution in [0.15, 0.2) is 24.4 Å². The highest BCUT2D eigenvalue weighted by Crippen LogP contribution is 2.40. The summed E-state index contributed by atoms with van der Waals surface area (Å²) in [5.74, 6) is 0.620. The molecule has 3 heterocycles. The van der Waals surface area contributed by atoms with Crippen molar-refractivity contribution in [2.24, 2.45) is 5.92 Å². The van der Waals surface area contributed by atoms with E-state index in [0.29, 0.717) is 18.8 Å². The monoisotopic (exact) mass is 353 g/mol. The van der Waals surface area contributed by atoms with Crippen LogP contribution in [0.3, 0.4) is 0 Å². The second kappa shape index (κ2) is 7.58. The van der Waals surface area contributed by atoms with E-state index >= 15 is 0 Å². The molecule has 2 aromatic rings. The Kier molecular flexibility index (Phi) is 5.02. The average molecular weight is 353 g/mol. The minimum atomic E-state index is 0.0466. The minimum absolute atomic E-state index is 0.0466. The van der Waals surface area contributed by atoms with Crippen LogP contribution in [0.5, 0.6) is 0 Å². The Bertz CT molecular complexity index is 757. The van der Waals surface area contributed by atoms with E-state index in [0.717, 1.165) is 37.4 Å². The fraction of sp³-hybridized carbons (Fsp3) is 0.550. The van der Waals surface area contributed by atoms with Crippen molar-refractivity contribution in [1.82, 2.24) is 25.4 Å².